The monoisotopic (exact) mass is 264 g/mol. The van der Waals surface area contributed by atoms with Gasteiger partial charge < -0.3 is 9.84 Å². The first-order valence-corrected chi connectivity index (χ1v) is 7.02. The third kappa shape index (κ3) is 2.80. The normalized spacial score (nSPS) is 11.5. The third-order valence-corrected chi connectivity index (χ3v) is 3.44. The van der Waals surface area contributed by atoms with Gasteiger partial charge in [-0.05, 0) is 36.6 Å². The lowest BCUT2D eigenvalue weighted by molar-refractivity contribution is 0.370. The second-order valence-electron chi connectivity index (χ2n) is 3.52. The van der Waals surface area contributed by atoms with Crippen molar-refractivity contribution in [2.45, 2.75) is 19.6 Å². The molecule has 0 heterocycles. The maximum Gasteiger partial charge on any atom is 0.236 e. The molecule has 0 unspecified atom stereocenters. The molecule has 0 bridgehead atoms. The minimum Gasteiger partial charge on any atom is -0.504 e. The molecular formula is C10H13ClO4S. The molecule has 0 aromatic heterocycles. The fourth-order valence-corrected chi connectivity index (χ4v) is 2.56. The van der Waals surface area contributed by atoms with E-state index in [0.29, 0.717) is 16.9 Å². The Bertz CT molecular complexity index is 508. The van der Waals surface area contributed by atoms with E-state index in [4.69, 9.17) is 15.4 Å². The van der Waals surface area contributed by atoms with E-state index in [1.54, 1.807) is 13.8 Å². The van der Waals surface area contributed by atoms with E-state index in [-0.39, 0.29) is 11.5 Å². The summed E-state index contributed by atoms with van der Waals surface area (Å²) in [5, 5.41) is 9.63. The topological polar surface area (TPSA) is 63.6 Å². The maximum atomic E-state index is 11.0. The number of hydrogen-bond donors (Lipinski definition) is 1. The SMILES string of the molecule is COc1c(O)cc(CS(=O)(=O)Cl)c(C)c1C. The van der Waals surface area contributed by atoms with Crippen molar-refractivity contribution < 1.29 is 18.3 Å². The molecule has 0 amide bonds. The average Bonchev–Trinajstić information content (AvgIpc) is 2.12. The van der Waals surface area contributed by atoms with Gasteiger partial charge >= 0.3 is 0 Å². The molecule has 0 fully saturated rings. The van der Waals surface area contributed by atoms with E-state index < -0.39 is 9.05 Å². The Morgan fingerprint density at radius 3 is 2.38 bits per heavy atom. The van der Waals surface area contributed by atoms with Gasteiger partial charge in [-0.15, -0.1) is 0 Å². The van der Waals surface area contributed by atoms with Crippen LogP contribution in [-0.4, -0.2) is 20.6 Å². The summed E-state index contributed by atoms with van der Waals surface area (Å²) < 4.78 is 27.0. The molecule has 1 N–H and O–H groups in total. The van der Waals surface area contributed by atoms with E-state index >= 15 is 0 Å². The summed E-state index contributed by atoms with van der Waals surface area (Å²) in [6, 6.07) is 1.36. The summed E-state index contributed by atoms with van der Waals surface area (Å²) in [6.45, 7) is 3.51. The molecular weight excluding hydrogens is 252 g/mol. The lowest BCUT2D eigenvalue weighted by Crippen LogP contribution is -2.01. The molecule has 1 rings (SSSR count). The zero-order valence-corrected chi connectivity index (χ0v) is 10.8. The number of halogens is 1. The molecule has 0 aliphatic rings. The summed E-state index contributed by atoms with van der Waals surface area (Å²) in [5.41, 5.74) is 1.93. The van der Waals surface area contributed by atoms with Crippen LogP contribution in [0.1, 0.15) is 16.7 Å². The number of rotatable bonds is 3. The minimum atomic E-state index is -3.63. The molecule has 90 valence electrons. The highest BCUT2D eigenvalue weighted by molar-refractivity contribution is 8.13. The fourth-order valence-electron chi connectivity index (χ4n) is 1.54. The largest absolute Gasteiger partial charge is 0.504 e. The average molecular weight is 265 g/mol. The van der Waals surface area contributed by atoms with Crippen LogP contribution in [0.2, 0.25) is 0 Å². The highest BCUT2D eigenvalue weighted by Gasteiger charge is 2.16. The lowest BCUT2D eigenvalue weighted by atomic mass is 10.0. The molecule has 4 nitrogen and oxygen atoms in total. The van der Waals surface area contributed by atoms with Crippen LogP contribution in [0.15, 0.2) is 6.07 Å². The summed E-state index contributed by atoms with van der Waals surface area (Å²) in [6.07, 6.45) is 0. The first-order chi connectivity index (χ1) is 7.26. The summed E-state index contributed by atoms with van der Waals surface area (Å²) in [5.74, 6) is -0.0344. The Hall–Kier alpha value is -0.940. The lowest BCUT2D eigenvalue weighted by Gasteiger charge is -2.13. The van der Waals surface area contributed by atoms with Gasteiger partial charge in [0.15, 0.2) is 11.5 Å². The van der Waals surface area contributed by atoms with Crippen LogP contribution in [0.5, 0.6) is 11.5 Å². The van der Waals surface area contributed by atoms with Gasteiger partial charge in [0.1, 0.15) is 0 Å². The van der Waals surface area contributed by atoms with Crippen molar-refractivity contribution in [1.29, 1.82) is 0 Å². The number of phenolic OH excluding ortho intramolecular Hbond substituents is 1. The van der Waals surface area contributed by atoms with Crippen molar-refractivity contribution in [3.63, 3.8) is 0 Å². The highest BCUT2D eigenvalue weighted by atomic mass is 35.7. The molecule has 0 radical (unpaired) electrons. The molecule has 6 heteroatoms. The molecule has 0 atom stereocenters. The van der Waals surface area contributed by atoms with Crippen LogP contribution in [-0.2, 0) is 14.8 Å². The van der Waals surface area contributed by atoms with Crippen LogP contribution in [0.3, 0.4) is 0 Å². The molecule has 0 aliphatic heterocycles. The van der Waals surface area contributed by atoms with E-state index in [2.05, 4.69) is 0 Å². The number of methoxy groups -OCH3 is 1. The molecule has 1 aromatic carbocycles. The summed E-state index contributed by atoms with van der Waals surface area (Å²) >= 11 is 0. The zero-order valence-electron chi connectivity index (χ0n) is 9.24. The van der Waals surface area contributed by atoms with Gasteiger partial charge in [-0.25, -0.2) is 8.42 Å². The summed E-state index contributed by atoms with van der Waals surface area (Å²) in [4.78, 5) is 0. The van der Waals surface area contributed by atoms with Crippen molar-refractivity contribution in [2.75, 3.05) is 7.11 Å². The van der Waals surface area contributed by atoms with Crippen molar-refractivity contribution in [3.05, 3.63) is 22.8 Å². The van der Waals surface area contributed by atoms with E-state index in [1.165, 1.54) is 13.2 Å². The van der Waals surface area contributed by atoms with Crippen LogP contribution in [0, 0.1) is 13.8 Å². The quantitative estimate of drug-likeness (QED) is 0.849. The van der Waals surface area contributed by atoms with Crippen LogP contribution in [0.25, 0.3) is 0 Å². The Kier molecular flexibility index (Phi) is 3.70. The molecule has 1 aromatic rings. The zero-order chi connectivity index (χ0) is 12.5. The van der Waals surface area contributed by atoms with E-state index in [9.17, 15) is 13.5 Å². The minimum absolute atomic E-state index is 0.0825. The van der Waals surface area contributed by atoms with Gasteiger partial charge in [0.25, 0.3) is 0 Å². The molecule has 16 heavy (non-hydrogen) atoms. The van der Waals surface area contributed by atoms with Gasteiger partial charge in [0, 0.05) is 10.7 Å². The van der Waals surface area contributed by atoms with E-state index in [1.807, 2.05) is 0 Å². The van der Waals surface area contributed by atoms with Gasteiger partial charge in [0.2, 0.25) is 9.05 Å². The van der Waals surface area contributed by atoms with Crippen LogP contribution in [0.4, 0.5) is 0 Å². The molecule has 0 spiro atoms. The first-order valence-electron chi connectivity index (χ1n) is 4.54. The Morgan fingerprint density at radius 1 is 1.38 bits per heavy atom. The Balaban J connectivity index is 3.34. The smallest absolute Gasteiger partial charge is 0.236 e. The van der Waals surface area contributed by atoms with Crippen LogP contribution < -0.4 is 4.74 Å². The standard InChI is InChI=1S/C10H13ClO4S/c1-6-7(2)10(15-3)9(12)4-8(6)5-16(11,13)14/h4,12H,5H2,1-3H3. The summed E-state index contributed by atoms with van der Waals surface area (Å²) in [7, 11) is 2.99. The molecule has 0 saturated heterocycles. The van der Waals surface area contributed by atoms with E-state index in [0.717, 1.165) is 5.56 Å². The predicted octanol–water partition coefficient (Wildman–Crippen LogP) is 2.09. The van der Waals surface area contributed by atoms with Crippen molar-refractivity contribution in [2.24, 2.45) is 0 Å². The molecule has 0 aliphatic carbocycles. The highest BCUT2D eigenvalue weighted by Crippen LogP contribution is 2.34. The number of benzene rings is 1. The predicted molar refractivity (Wildman–Crippen MR) is 62.6 cm³/mol. The number of aromatic hydroxyl groups is 1. The number of ether oxygens (including phenoxy) is 1. The maximum absolute atomic E-state index is 11.0. The van der Waals surface area contributed by atoms with Crippen LogP contribution >= 0.6 is 10.7 Å². The fraction of sp³-hybridized carbons (Fsp3) is 0.400. The Labute approximate surface area is 99.2 Å². The van der Waals surface area contributed by atoms with Gasteiger partial charge in [-0.2, -0.15) is 0 Å². The number of phenols is 1. The second-order valence-corrected chi connectivity index (χ2v) is 6.30. The van der Waals surface area contributed by atoms with Gasteiger partial charge in [-0.1, -0.05) is 0 Å². The van der Waals surface area contributed by atoms with Crippen molar-refractivity contribution >= 4 is 19.7 Å². The Morgan fingerprint density at radius 2 is 1.94 bits per heavy atom. The second kappa shape index (κ2) is 4.51. The van der Waals surface area contributed by atoms with Crippen molar-refractivity contribution in [1.82, 2.24) is 0 Å². The molecule has 0 saturated carbocycles. The number of hydrogen-bond acceptors (Lipinski definition) is 4. The van der Waals surface area contributed by atoms with Gasteiger partial charge in [0.05, 0.1) is 12.9 Å². The van der Waals surface area contributed by atoms with Gasteiger partial charge in [-0.3, -0.25) is 0 Å². The van der Waals surface area contributed by atoms with Crippen molar-refractivity contribution in [3.8, 4) is 11.5 Å². The third-order valence-electron chi connectivity index (χ3n) is 2.46. The first kappa shape index (κ1) is 13.1.